The number of nitrogens with one attached hydrogen (secondary N) is 2. The maximum Gasteiger partial charge on any atom is 0.251 e. The molecule has 5 rings (SSSR count). The Morgan fingerprint density at radius 3 is 2.15 bits per heavy atom. The van der Waals surface area contributed by atoms with E-state index in [2.05, 4.69) is 10.6 Å². The van der Waals surface area contributed by atoms with Crippen molar-refractivity contribution in [1.29, 1.82) is 0 Å². The number of hydrogen-bond acceptors (Lipinski definition) is 3. The van der Waals surface area contributed by atoms with Crippen molar-refractivity contribution < 1.29 is 9.59 Å². The SMILES string of the molecule is C[C@@H](CN)NC(=O)c1ccc(CNC(=O)C23CC4CC(CC(C4)C2)C3)cc1. The van der Waals surface area contributed by atoms with Gasteiger partial charge in [-0.15, -0.1) is 0 Å². The summed E-state index contributed by atoms with van der Waals surface area (Å²) in [5, 5.41) is 6.05. The summed E-state index contributed by atoms with van der Waals surface area (Å²) in [6.07, 6.45) is 7.30. The molecule has 5 nitrogen and oxygen atoms in total. The van der Waals surface area contributed by atoms with Crippen molar-refractivity contribution in [2.45, 2.75) is 58.0 Å². The average Bonchev–Trinajstić information content (AvgIpc) is 2.65. The van der Waals surface area contributed by atoms with Crippen LogP contribution in [0.25, 0.3) is 0 Å². The molecule has 0 unspecified atom stereocenters. The van der Waals surface area contributed by atoms with Gasteiger partial charge in [0.05, 0.1) is 0 Å². The van der Waals surface area contributed by atoms with Crippen LogP contribution in [-0.2, 0) is 11.3 Å². The second kappa shape index (κ2) is 7.27. The third-order valence-electron chi connectivity index (χ3n) is 6.92. The Kier molecular flexibility index (Phi) is 4.97. The van der Waals surface area contributed by atoms with Gasteiger partial charge in [0.1, 0.15) is 0 Å². The van der Waals surface area contributed by atoms with Crippen LogP contribution in [0.2, 0.25) is 0 Å². The number of nitrogens with two attached hydrogens (primary N) is 1. The number of rotatable bonds is 6. The van der Waals surface area contributed by atoms with Gasteiger partial charge in [-0.2, -0.15) is 0 Å². The molecule has 4 N–H and O–H groups in total. The van der Waals surface area contributed by atoms with E-state index in [0.29, 0.717) is 18.7 Å². The van der Waals surface area contributed by atoms with E-state index in [0.717, 1.165) is 42.6 Å². The summed E-state index contributed by atoms with van der Waals surface area (Å²) in [6, 6.07) is 7.41. The first-order chi connectivity index (χ1) is 13.0. The molecular formula is C22H31N3O2. The molecule has 1 atom stereocenters. The summed E-state index contributed by atoms with van der Waals surface area (Å²) in [6.45, 7) is 2.83. The van der Waals surface area contributed by atoms with E-state index in [-0.39, 0.29) is 23.3 Å². The van der Waals surface area contributed by atoms with Crippen LogP contribution in [0.15, 0.2) is 24.3 Å². The maximum absolute atomic E-state index is 13.0. The van der Waals surface area contributed by atoms with Crippen molar-refractivity contribution in [1.82, 2.24) is 10.6 Å². The van der Waals surface area contributed by atoms with Gasteiger partial charge in [0.2, 0.25) is 5.91 Å². The van der Waals surface area contributed by atoms with Gasteiger partial charge in [0, 0.05) is 30.1 Å². The molecule has 4 bridgehead atoms. The molecule has 4 fully saturated rings. The molecule has 4 aliphatic rings. The highest BCUT2D eigenvalue weighted by molar-refractivity contribution is 5.94. The normalized spacial score (nSPS) is 32.1. The van der Waals surface area contributed by atoms with Crippen LogP contribution in [0.1, 0.15) is 61.4 Å². The zero-order valence-corrected chi connectivity index (χ0v) is 16.2. The molecule has 0 aliphatic heterocycles. The minimum Gasteiger partial charge on any atom is -0.352 e. The van der Waals surface area contributed by atoms with Crippen LogP contribution in [0, 0.1) is 23.2 Å². The quantitative estimate of drug-likeness (QED) is 0.721. The predicted octanol–water partition coefficient (Wildman–Crippen LogP) is 2.60. The minimum atomic E-state index is -0.114. The van der Waals surface area contributed by atoms with Crippen molar-refractivity contribution in [3.05, 3.63) is 35.4 Å². The molecule has 0 aromatic heterocycles. The molecule has 1 aromatic carbocycles. The van der Waals surface area contributed by atoms with Crippen LogP contribution < -0.4 is 16.4 Å². The Hall–Kier alpha value is -1.88. The molecule has 4 aliphatic carbocycles. The van der Waals surface area contributed by atoms with Crippen LogP contribution in [0.3, 0.4) is 0 Å². The molecule has 0 radical (unpaired) electrons. The lowest BCUT2D eigenvalue weighted by Gasteiger charge is -2.55. The number of benzene rings is 1. The number of amides is 2. The van der Waals surface area contributed by atoms with Gasteiger partial charge >= 0.3 is 0 Å². The van der Waals surface area contributed by atoms with E-state index in [1.165, 1.54) is 19.3 Å². The third-order valence-corrected chi connectivity index (χ3v) is 6.92. The molecule has 27 heavy (non-hydrogen) atoms. The molecule has 0 saturated heterocycles. The van der Waals surface area contributed by atoms with Crippen molar-refractivity contribution in [2.24, 2.45) is 28.9 Å². The Labute approximate surface area is 161 Å². The van der Waals surface area contributed by atoms with Crippen LogP contribution in [0.4, 0.5) is 0 Å². The zero-order chi connectivity index (χ0) is 19.0. The van der Waals surface area contributed by atoms with E-state index >= 15 is 0 Å². The fourth-order valence-corrected chi connectivity index (χ4v) is 5.90. The van der Waals surface area contributed by atoms with Gasteiger partial charge in [-0.3, -0.25) is 9.59 Å². The first kappa shape index (κ1) is 18.5. The molecule has 0 spiro atoms. The molecular weight excluding hydrogens is 338 g/mol. The second-order valence-electron chi connectivity index (χ2n) is 9.19. The summed E-state index contributed by atoms with van der Waals surface area (Å²) in [5.41, 5.74) is 7.08. The van der Waals surface area contributed by atoms with Gasteiger partial charge in [0.15, 0.2) is 0 Å². The highest BCUT2D eigenvalue weighted by Crippen LogP contribution is 2.60. The Bertz CT molecular complexity index is 677. The van der Waals surface area contributed by atoms with Crippen molar-refractivity contribution in [3.63, 3.8) is 0 Å². The van der Waals surface area contributed by atoms with Crippen molar-refractivity contribution in [3.8, 4) is 0 Å². The highest BCUT2D eigenvalue weighted by atomic mass is 16.2. The average molecular weight is 370 g/mol. The Balaban J connectivity index is 1.34. The monoisotopic (exact) mass is 369 g/mol. The van der Waals surface area contributed by atoms with Crippen LogP contribution in [-0.4, -0.2) is 24.4 Å². The number of carbonyl (C=O) groups excluding carboxylic acids is 2. The van der Waals surface area contributed by atoms with E-state index in [9.17, 15) is 9.59 Å². The molecule has 1 aromatic rings. The maximum atomic E-state index is 13.0. The summed E-state index contributed by atoms with van der Waals surface area (Å²) >= 11 is 0. The molecule has 2 amide bonds. The van der Waals surface area contributed by atoms with Crippen LogP contribution >= 0.6 is 0 Å². The smallest absolute Gasteiger partial charge is 0.251 e. The summed E-state index contributed by atoms with van der Waals surface area (Å²) in [4.78, 5) is 25.1. The fraction of sp³-hybridized carbons (Fsp3) is 0.636. The number of hydrogen-bond donors (Lipinski definition) is 3. The third kappa shape index (κ3) is 3.75. The van der Waals surface area contributed by atoms with Gasteiger partial charge in [-0.05, 0) is 80.9 Å². The van der Waals surface area contributed by atoms with Gasteiger partial charge < -0.3 is 16.4 Å². The molecule has 4 saturated carbocycles. The largest absolute Gasteiger partial charge is 0.352 e. The molecule has 0 heterocycles. The Morgan fingerprint density at radius 1 is 1.07 bits per heavy atom. The standard InChI is InChI=1S/C22H31N3O2/c1-14(12-23)25-20(26)19-4-2-15(3-5-19)13-24-21(27)22-9-16-6-17(10-22)8-18(7-16)11-22/h2-5,14,16-18H,6-13,23H2,1H3,(H,24,27)(H,25,26)/t14-,16?,17?,18?,22?/m0/s1. The zero-order valence-electron chi connectivity index (χ0n) is 16.2. The topological polar surface area (TPSA) is 84.2 Å². The van der Waals surface area contributed by atoms with Gasteiger partial charge in [-0.1, -0.05) is 12.1 Å². The summed E-state index contributed by atoms with van der Waals surface area (Å²) < 4.78 is 0. The fourth-order valence-electron chi connectivity index (χ4n) is 5.90. The lowest BCUT2D eigenvalue weighted by molar-refractivity contribution is -0.146. The molecule has 146 valence electrons. The first-order valence-corrected chi connectivity index (χ1v) is 10.4. The van der Waals surface area contributed by atoms with E-state index < -0.39 is 0 Å². The number of carbonyl (C=O) groups is 2. The summed E-state index contributed by atoms with van der Waals surface area (Å²) in [7, 11) is 0. The van der Waals surface area contributed by atoms with E-state index in [1.807, 2.05) is 31.2 Å². The predicted molar refractivity (Wildman–Crippen MR) is 105 cm³/mol. The van der Waals surface area contributed by atoms with Crippen molar-refractivity contribution in [2.75, 3.05) is 6.54 Å². The Morgan fingerprint density at radius 2 is 1.63 bits per heavy atom. The molecule has 5 heteroatoms. The van der Waals surface area contributed by atoms with Gasteiger partial charge in [0.25, 0.3) is 5.91 Å². The van der Waals surface area contributed by atoms with Crippen LogP contribution in [0.5, 0.6) is 0 Å². The second-order valence-corrected chi connectivity index (χ2v) is 9.19. The van der Waals surface area contributed by atoms with Crippen molar-refractivity contribution >= 4 is 11.8 Å². The lowest BCUT2D eigenvalue weighted by Crippen LogP contribution is -2.53. The minimum absolute atomic E-state index is 0.0447. The highest BCUT2D eigenvalue weighted by Gasteiger charge is 2.54. The van der Waals surface area contributed by atoms with E-state index in [1.54, 1.807) is 0 Å². The van der Waals surface area contributed by atoms with Gasteiger partial charge in [-0.25, -0.2) is 0 Å². The first-order valence-electron chi connectivity index (χ1n) is 10.4. The lowest BCUT2D eigenvalue weighted by atomic mass is 9.49. The van der Waals surface area contributed by atoms with E-state index in [4.69, 9.17) is 5.73 Å². The summed E-state index contributed by atoms with van der Waals surface area (Å²) in [5.74, 6) is 2.46.